The third-order valence-electron chi connectivity index (χ3n) is 6.36. The van der Waals surface area contributed by atoms with Crippen LogP contribution in [0.4, 0.5) is 0 Å². The number of aliphatic hydroxyl groups is 1. The largest absolute Gasteiger partial charge is 0.494 e. The molecule has 3 N–H and O–H groups in total. The van der Waals surface area contributed by atoms with Gasteiger partial charge in [0.2, 0.25) is 0 Å². The number of dihydropyridines is 1. The van der Waals surface area contributed by atoms with Crippen molar-refractivity contribution in [2.45, 2.75) is 45.3 Å². The van der Waals surface area contributed by atoms with E-state index in [0.717, 1.165) is 0 Å². The second-order valence-electron chi connectivity index (χ2n) is 9.87. The lowest BCUT2D eigenvalue weighted by Crippen LogP contribution is -2.35. The smallest absolute Gasteiger partial charge is 0.336 e. The van der Waals surface area contributed by atoms with Gasteiger partial charge in [0.25, 0.3) is 0 Å². The summed E-state index contributed by atoms with van der Waals surface area (Å²) in [6.45, 7) is 7.42. The molecule has 2 aromatic carbocycles. The molecule has 3 rings (SSSR count). The predicted molar refractivity (Wildman–Crippen MR) is 157 cm³/mol. The molecule has 0 saturated heterocycles. The van der Waals surface area contributed by atoms with E-state index in [4.69, 9.17) is 30.5 Å². The summed E-state index contributed by atoms with van der Waals surface area (Å²) in [6.07, 6.45) is 0.0207. The van der Waals surface area contributed by atoms with Crippen LogP contribution in [0, 0.1) is 11.3 Å². The minimum Gasteiger partial charge on any atom is -0.494 e. The maximum absolute atomic E-state index is 12.9. The molecule has 0 fully saturated rings. The summed E-state index contributed by atoms with van der Waals surface area (Å²) in [7, 11) is 1.31. The normalized spacial score (nSPS) is 15.8. The van der Waals surface area contributed by atoms with Crippen molar-refractivity contribution in [1.82, 2.24) is 10.6 Å². The first-order chi connectivity index (χ1) is 19.7. The highest BCUT2D eigenvalue weighted by Gasteiger charge is 2.36. The van der Waals surface area contributed by atoms with Gasteiger partial charge in [0.1, 0.15) is 24.2 Å². The molecule has 2 atom stereocenters. The van der Waals surface area contributed by atoms with E-state index in [-0.39, 0.29) is 13.2 Å². The van der Waals surface area contributed by atoms with Crippen LogP contribution in [0.15, 0.2) is 71.1 Å². The quantitative estimate of drug-likeness (QED) is 0.206. The standard InChI is InChI=1S/C31H38ClN3O6/c1-20(2)34-17-22(36)18-41-24-12-10-23(11-13-24)40-15-7-14-39-19-28-30(31(37)38-4)29(26(16-33)21(3)35-28)25-8-5-6-9-27(25)32/h5-6,8-13,20,22,29,34-36H,7,14-15,17-19H2,1-4H3. The Kier molecular flexibility index (Phi) is 12.5. The van der Waals surface area contributed by atoms with Crippen molar-refractivity contribution in [3.05, 3.63) is 81.7 Å². The first-order valence-corrected chi connectivity index (χ1v) is 13.9. The monoisotopic (exact) mass is 583 g/mol. The Bertz CT molecular complexity index is 1270. The molecule has 0 aromatic heterocycles. The number of carbonyl (C=O) groups excluding carboxylic acids is 1. The van der Waals surface area contributed by atoms with Gasteiger partial charge in [-0.25, -0.2) is 4.79 Å². The highest BCUT2D eigenvalue weighted by atomic mass is 35.5. The molecule has 1 aliphatic rings. The van der Waals surface area contributed by atoms with Crippen LogP contribution in [0.5, 0.6) is 11.5 Å². The Morgan fingerprint density at radius 1 is 1.12 bits per heavy atom. The number of esters is 1. The number of nitriles is 1. The lowest BCUT2D eigenvalue weighted by Gasteiger charge is -2.30. The number of nitrogens with zero attached hydrogens (tertiary/aromatic N) is 1. The molecule has 9 nitrogen and oxygen atoms in total. The maximum Gasteiger partial charge on any atom is 0.336 e. The predicted octanol–water partition coefficient (Wildman–Crippen LogP) is 4.47. The number of methoxy groups -OCH3 is 1. The minimum atomic E-state index is -0.670. The fourth-order valence-electron chi connectivity index (χ4n) is 4.31. The van der Waals surface area contributed by atoms with Gasteiger partial charge in [-0.1, -0.05) is 43.6 Å². The van der Waals surface area contributed by atoms with E-state index in [0.29, 0.717) is 76.8 Å². The number of ether oxygens (including phenoxy) is 4. The van der Waals surface area contributed by atoms with E-state index >= 15 is 0 Å². The van der Waals surface area contributed by atoms with E-state index in [9.17, 15) is 15.2 Å². The van der Waals surface area contributed by atoms with Crippen LogP contribution in [0.1, 0.15) is 38.7 Å². The van der Waals surface area contributed by atoms with Gasteiger partial charge in [-0.15, -0.1) is 0 Å². The van der Waals surface area contributed by atoms with Crippen LogP contribution in [-0.4, -0.2) is 63.3 Å². The Balaban J connectivity index is 1.52. The number of hydrogen-bond acceptors (Lipinski definition) is 9. The van der Waals surface area contributed by atoms with E-state index in [1.807, 2.05) is 32.0 Å². The Labute approximate surface area is 246 Å². The van der Waals surface area contributed by atoms with Gasteiger partial charge in [0.05, 0.1) is 55.8 Å². The van der Waals surface area contributed by atoms with Gasteiger partial charge in [-0.2, -0.15) is 5.26 Å². The number of rotatable bonds is 15. The fraction of sp³-hybridized carbons (Fsp3) is 0.419. The van der Waals surface area contributed by atoms with Crippen LogP contribution in [0.2, 0.25) is 5.02 Å². The highest BCUT2D eigenvalue weighted by Crippen LogP contribution is 2.41. The van der Waals surface area contributed by atoms with Crippen LogP contribution in [0.25, 0.3) is 0 Å². The highest BCUT2D eigenvalue weighted by molar-refractivity contribution is 6.31. The molecule has 0 radical (unpaired) electrons. The summed E-state index contributed by atoms with van der Waals surface area (Å²) in [5.74, 6) is 0.115. The number of halogens is 1. The molecule has 0 aliphatic carbocycles. The van der Waals surface area contributed by atoms with E-state index in [1.54, 1.807) is 37.3 Å². The number of carbonyl (C=O) groups is 1. The fourth-order valence-corrected chi connectivity index (χ4v) is 4.55. The van der Waals surface area contributed by atoms with Gasteiger partial charge < -0.3 is 34.7 Å². The van der Waals surface area contributed by atoms with Gasteiger partial charge >= 0.3 is 5.97 Å². The summed E-state index contributed by atoms with van der Waals surface area (Å²) in [6, 6.07) is 16.9. The van der Waals surface area contributed by atoms with Crippen LogP contribution in [0.3, 0.4) is 0 Å². The summed E-state index contributed by atoms with van der Waals surface area (Å²) in [5.41, 5.74) is 2.49. The number of aliphatic hydroxyl groups excluding tert-OH is 1. The Morgan fingerprint density at radius 2 is 1.80 bits per heavy atom. The lowest BCUT2D eigenvalue weighted by atomic mass is 9.81. The van der Waals surface area contributed by atoms with Crippen molar-refractivity contribution < 1.29 is 28.8 Å². The van der Waals surface area contributed by atoms with Gasteiger partial charge in [-0.05, 0) is 42.8 Å². The molecule has 220 valence electrons. The Hall–Kier alpha value is -3.55. The maximum atomic E-state index is 12.9. The lowest BCUT2D eigenvalue weighted by molar-refractivity contribution is -0.136. The van der Waals surface area contributed by atoms with Crippen molar-refractivity contribution in [2.75, 3.05) is 40.1 Å². The molecular formula is C31H38ClN3O6. The third kappa shape index (κ3) is 9.23. The van der Waals surface area contributed by atoms with E-state index in [1.165, 1.54) is 7.11 Å². The zero-order valence-electron chi connectivity index (χ0n) is 23.9. The number of benzene rings is 2. The molecule has 0 bridgehead atoms. The average Bonchev–Trinajstić information content (AvgIpc) is 2.96. The first-order valence-electron chi connectivity index (χ1n) is 13.5. The first kappa shape index (κ1) is 32.0. The molecule has 2 aromatic rings. The zero-order chi connectivity index (χ0) is 29.8. The summed E-state index contributed by atoms with van der Waals surface area (Å²) >= 11 is 6.47. The van der Waals surface area contributed by atoms with Gasteiger partial charge in [0.15, 0.2) is 0 Å². The topological polar surface area (TPSA) is 122 Å². The van der Waals surface area contributed by atoms with Crippen LogP contribution >= 0.6 is 11.6 Å². The van der Waals surface area contributed by atoms with Crippen molar-refractivity contribution >= 4 is 17.6 Å². The van der Waals surface area contributed by atoms with Gasteiger partial charge in [-0.3, -0.25) is 0 Å². The van der Waals surface area contributed by atoms with Crippen molar-refractivity contribution in [2.24, 2.45) is 0 Å². The van der Waals surface area contributed by atoms with Crippen molar-refractivity contribution in [3.63, 3.8) is 0 Å². The molecule has 0 amide bonds. The molecule has 2 unspecified atom stereocenters. The molecule has 0 spiro atoms. The average molecular weight is 584 g/mol. The van der Waals surface area contributed by atoms with E-state index < -0.39 is 18.0 Å². The van der Waals surface area contributed by atoms with Crippen molar-refractivity contribution in [1.29, 1.82) is 5.26 Å². The SMILES string of the molecule is COC(=O)C1=C(COCCCOc2ccc(OCC(O)CNC(C)C)cc2)NC(C)=C(C#N)C1c1ccccc1Cl. The molecule has 1 heterocycles. The van der Waals surface area contributed by atoms with Crippen molar-refractivity contribution in [3.8, 4) is 17.6 Å². The second kappa shape index (κ2) is 16.0. The zero-order valence-corrected chi connectivity index (χ0v) is 24.7. The van der Waals surface area contributed by atoms with E-state index in [2.05, 4.69) is 16.7 Å². The van der Waals surface area contributed by atoms with Crippen LogP contribution in [-0.2, 0) is 14.3 Å². The molecule has 1 aliphatic heterocycles. The summed E-state index contributed by atoms with van der Waals surface area (Å²) in [5, 5.41) is 26.6. The summed E-state index contributed by atoms with van der Waals surface area (Å²) < 4.78 is 22.4. The number of hydrogen-bond donors (Lipinski definition) is 3. The molecule has 0 saturated carbocycles. The minimum absolute atomic E-state index is 0.117. The molecular weight excluding hydrogens is 546 g/mol. The number of nitrogens with one attached hydrogen (secondary N) is 2. The second-order valence-corrected chi connectivity index (χ2v) is 10.3. The summed E-state index contributed by atoms with van der Waals surface area (Å²) in [4.78, 5) is 12.9. The molecule has 10 heteroatoms. The molecule has 41 heavy (non-hydrogen) atoms. The van der Waals surface area contributed by atoms with Gasteiger partial charge in [0, 0.05) is 29.7 Å². The Morgan fingerprint density at radius 3 is 2.44 bits per heavy atom. The van der Waals surface area contributed by atoms with Crippen LogP contribution < -0.4 is 20.1 Å². The number of allylic oxidation sites excluding steroid dienone is 2. The third-order valence-corrected chi connectivity index (χ3v) is 6.71.